The van der Waals surface area contributed by atoms with Crippen molar-refractivity contribution in [2.45, 2.75) is 140 Å². The normalized spacial score (nSPS) is 32.2. The molecule has 5 saturated carbocycles. The summed E-state index contributed by atoms with van der Waals surface area (Å²) in [6.07, 6.45) is 16.1. The second-order valence-corrected chi connectivity index (χ2v) is 23.4. The van der Waals surface area contributed by atoms with Gasteiger partial charge in [0.05, 0.1) is 0 Å². The first-order valence-corrected chi connectivity index (χ1v) is 23.5. The molecule has 3 aromatic carbocycles. The minimum atomic E-state index is 0. The van der Waals surface area contributed by atoms with E-state index in [2.05, 4.69) is 162 Å². The summed E-state index contributed by atoms with van der Waals surface area (Å²) in [5.41, 5.74) is 16.6. The second kappa shape index (κ2) is 16.2. The molecule has 58 heavy (non-hydrogen) atoms. The van der Waals surface area contributed by atoms with Crippen LogP contribution in [0.1, 0.15) is 148 Å². The van der Waals surface area contributed by atoms with Crippen LogP contribution in [0.15, 0.2) is 95.6 Å². The maximum absolute atomic E-state index is 2.62. The summed E-state index contributed by atoms with van der Waals surface area (Å²) in [4.78, 5) is 0. The second-order valence-electron chi connectivity index (χ2n) is 21.5. The maximum atomic E-state index is 2.62. The zero-order valence-corrected chi connectivity index (χ0v) is 41.8. The molecule has 11 rings (SSSR count). The molecule has 5 fully saturated rings. The topological polar surface area (TPSA) is 0 Å². The number of benzene rings is 2. The van der Waals surface area contributed by atoms with E-state index in [0.29, 0.717) is 11.3 Å². The van der Waals surface area contributed by atoms with Crippen LogP contribution in [0.4, 0.5) is 0 Å². The molecule has 3 aromatic rings. The van der Waals surface area contributed by atoms with Gasteiger partial charge in [0.2, 0.25) is 0 Å². The fraction of sp³-hybridized carbons (Fsp3) is 0.545. The summed E-state index contributed by atoms with van der Waals surface area (Å²) in [5, 5.41) is 0. The molecule has 2 unspecified atom stereocenters. The van der Waals surface area contributed by atoms with Crippen LogP contribution in [0.5, 0.6) is 0 Å². The average Bonchev–Trinajstić information content (AvgIpc) is 3.77. The maximum Gasteiger partial charge on any atom is -0.0407 e. The number of fused-ring (bicyclic) bond motifs is 6. The molecule has 0 saturated heterocycles. The zero-order chi connectivity index (χ0) is 40.2. The van der Waals surface area contributed by atoms with Gasteiger partial charge >= 0.3 is 76.7 Å². The summed E-state index contributed by atoms with van der Waals surface area (Å²) >= 11 is 1.51. The van der Waals surface area contributed by atoms with Crippen molar-refractivity contribution in [3.05, 3.63) is 135 Å². The summed E-state index contributed by atoms with van der Waals surface area (Å²) < 4.78 is 1.46. The fourth-order valence-electron chi connectivity index (χ4n) is 13.9. The van der Waals surface area contributed by atoms with E-state index in [1.54, 1.807) is 40.2 Å². The van der Waals surface area contributed by atoms with Gasteiger partial charge in [-0.2, -0.15) is 34.4 Å². The van der Waals surface area contributed by atoms with Crippen LogP contribution in [0.2, 0.25) is 0 Å². The van der Waals surface area contributed by atoms with Crippen molar-refractivity contribution in [1.29, 1.82) is 0 Å². The van der Waals surface area contributed by atoms with E-state index in [0.717, 1.165) is 30.1 Å². The Labute approximate surface area is 381 Å². The average molecular weight is 893 g/mol. The Kier molecular flexibility index (Phi) is 12.7. The monoisotopic (exact) mass is 890 g/mol. The van der Waals surface area contributed by atoms with Crippen molar-refractivity contribution in [1.82, 2.24) is 0 Å². The van der Waals surface area contributed by atoms with Gasteiger partial charge in [-0.25, -0.2) is 12.0 Å². The minimum Gasteiger partial charge on any atom is -1.00 e. The van der Waals surface area contributed by atoms with Gasteiger partial charge in [-0.15, -0.1) is 6.92 Å². The number of hydrogen-bond donors (Lipinski definition) is 0. The summed E-state index contributed by atoms with van der Waals surface area (Å²) in [6.45, 7) is 29.4. The van der Waals surface area contributed by atoms with Gasteiger partial charge in [0, 0.05) is 0 Å². The molecule has 8 aliphatic rings. The van der Waals surface area contributed by atoms with Crippen LogP contribution in [-0.4, -0.2) is 3.21 Å². The first-order chi connectivity index (χ1) is 26.3. The molecule has 310 valence electrons. The first-order valence-electron chi connectivity index (χ1n) is 22.3. The van der Waals surface area contributed by atoms with E-state index in [1.807, 2.05) is 0 Å². The molecule has 3 heteroatoms. The SMILES string of the molecule is C[C-]1C2=C3Cc4ccccc4C3=C3C=CCCC3C2(C)C(C)(C)C(C)(C)C1(C)C.C[C](=[Zr+2])c1ccc(C)cc1.Cc1cc(C2(C)C3CC4CC(C3)CC2C4)c[cH-]1.[Cl-].[Cl-]. The Morgan fingerprint density at radius 1 is 0.793 bits per heavy atom. The third-order valence-electron chi connectivity index (χ3n) is 18.6. The van der Waals surface area contributed by atoms with Crippen molar-refractivity contribution < 1.29 is 49.0 Å². The van der Waals surface area contributed by atoms with Gasteiger partial charge in [0.15, 0.2) is 0 Å². The van der Waals surface area contributed by atoms with Gasteiger partial charge in [0.1, 0.15) is 0 Å². The number of aryl methyl sites for hydroxylation is 2. The number of rotatable bonds is 2. The van der Waals surface area contributed by atoms with E-state index >= 15 is 0 Å². The van der Waals surface area contributed by atoms with E-state index in [1.165, 1.54) is 93.8 Å². The molecule has 0 radical (unpaired) electrons. The standard InChI is InChI=1S/C29H37.C17H23.C9H10.2ClH.Zr/c1-18-25-22-17-19-13-9-10-14-20(19)24(22)21-15-11-12-16-23(21)29(25,8)28(6,7)27(4,5)26(18,2)3;1-11-3-4-14(5-11)17(2)15-7-12-6-13(9-15)10-16(17)8-12;1-3-9-6-4-8(2)5-7-9;;;/h9-11,13-15,23H,12,16-17H2,1-8H3;3-5,12-13,15-16H,6-10H2,1-2H3;4-7H,1-2H3;2*1H;/q2*-1;;;;+2/p-2. The van der Waals surface area contributed by atoms with Crippen LogP contribution in [-0.2, 0) is 36.1 Å². The van der Waals surface area contributed by atoms with E-state index in [-0.39, 0.29) is 46.5 Å². The number of allylic oxidation sites excluding steroid dienone is 6. The Bertz CT molecular complexity index is 2090. The summed E-state index contributed by atoms with van der Waals surface area (Å²) in [5.74, 6) is 6.38. The molecule has 0 N–H and O–H groups in total. The van der Waals surface area contributed by atoms with Crippen molar-refractivity contribution in [2.75, 3.05) is 0 Å². The molecular formula is C55H70Cl2Zr-2. The third-order valence-corrected chi connectivity index (χ3v) is 19.4. The van der Waals surface area contributed by atoms with Crippen molar-refractivity contribution in [3.8, 4) is 0 Å². The Hall–Kier alpha value is -1.79. The third kappa shape index (κ3) is 6.80. The van der Waals surface area contributed by atoms with E-state index in [4.69, 9.17) is 0 Å². The van der Waals surface area contributed by atoms with E-state index < -0.39 is 0 Å². The summed E-state index contributed by atoms with van der Waals surface area (Å²) in [7, 11) is 0. The largest absolute Gasteiger partial charge is 1.00 e. The van der Waals surface area contributed by atoms with Crippen LogP contribution in [0.3, 0.4) is 0 Å². The first kappa shape index (κ1) is 45.7. The molecule has 0 aliphatic heterocycles. The number of hydrogen-bond acceptors (Lipinski definition) is 0. The van der Waals surface area contributed by atoms with Gasteiger partial charge in [-0.1, -0.05) is 133 Å². The smallest absolute Gasteiger partial charge is 0.0407 e. The van der Waals surface area contributed by atoms with Gasteiger partial charge in [-0.05, 0) is 96.3 Å². The molecule has 0 aromatic heterocycles. The predicted molar refractivity (Wildman–Crippen MR) is 236 cm³/mol. The fourth-order valence-corrected chi connectivity index (χ4v) is 14.3. The van der Waals surface area contributed by atoms with Gasteiger partial charge < -0.3 is 24.8 Å². The predicted octanol–water partition coefficient (Wildman–Crippen LogP) is 8.48. The van der Waals surface area contributed by atoms with Crippen LogP contribution >= 0.6 is 0 Å². The quantitative estimate of drug-likeness (QED) is 0.227. The molecule has 4 bridgehead atoms. The molecule has 0 amide bonds. The van der Waals surface area contributed by atoms with Crippen LogP contribution in [0.25, 0.3) is 5.57 Å². The van der Waals surface area contributed by atoms with Gasteiger partial charge in [-0.3, -0.25) is 0 Å². The molecular weight excluding hydrogens is 823 g/mol. The van der Waals surface area contributed by atoms with Crippen molar-refractivity contribution >= 4 is 8.78 Å². The van der Waals surface area contributed by atoms with E-state index in [9.17, 15) is 0 Å². The molecule has 0 nitrogen and oxygen atoms in total. The summed E-state index contributed by atoms with van der Waals surface area (Å²) in [6, 6.07) is 25.0. The van der Waals surface area contributed by atoms with Gasteiger partial charge in [0.25, 0.3) is 0 Å². The molecule has 8 aliphatic carbocycles. The Morgan fingerprint density at radius 2 is 1.40 bits per heavy atom. The Balaban J connectivity index is 0.000000165. The number of halogens is 2. The van der Waals surface area contributed by atoms with Crippen LogP contribution in [0, 0.1) is 71.0 Å². The molecule has 0 heterocycles. The zero-order valence-electron chi connectivity index (χ0n) is 37.8. The van der Waals surface area contributed by atoms with Crippen molar-refractivity contribution in [2.24, 2.45) is 51.2 Å². The van der Waals surface area contributed by atoms with Crippen molar-refractivity contribution in [3.63, 3.8) is 0 Å². The Morgan fingerprint density at radius 3 is 1.97 bits per heavy atom. The van der Waals surface area contributed by atoms with Crippen LogP contribution < -0.4 is 24.8 Å². The minimum absolute atomic E-state index is 0. The molecule has 2 atom stereocenters. The molecule has 0 spiro atoms.